The van der Waals surface area contributed by atoms with Gasteiger partial charge >= 0.3 is 5.97 Å². The lowest BCUT2D eigenvalue weighted by molar-refractivity contribution is -0.142. The summed E-state index contributed by atoms with van der Waals surface area (Å²) in [5.41, 5.74) is 21.3. The first-order valence-electron chi connectivity index (χ1n) is 11.0. The molecule has 0 bridgehead atoms. The Balaban J connectivity index is 3.08. The van der Waals surface area contributed by atoms with E-state index in [1.165, 1.54) is 12.5 Å². The minimum absolute atomic E-state index is 0.138. The number of nitrogens with two attached hydrogens (primary N) is 4. The van der Waals surface area contributed by atoms with Crippen LogP contribution in [0.3, 0.4) is 0 Å². The Bertz CT molecular complexity index is 998. The fourth-order valence-electron chi connectivity index (χ4n) is 3.06. The molecular weight excluding hydrogens is 494 g/mol. The van der Waals surface area contributed by atoms with Gasteiger partial charge in [-0.3, -0.25) is 28.8 Å². The number of aromatic nitrogens is 2. The molecule has 13 N–H and O–H groups in total. The molecule has 17 nitrogen and oxygen atoms in total. The van der Waals surface area contributed by atoms with E-state index in [0.29, 0.717) is 5.69 Å². The van der Waals surface area contributed by atoms with Gasteiger partial charge in [-0.15, -0.1) is 0 Å². The van der Waals surface area contributed by atoms with E-state index in [4.69, 9.17) is 22.9 Å². The zero-order valence-electron chi connectivity index (χ0n) is 19.8. The van der Waals surface area contributed by atoms with Crippen LogP contribution in [0.2, 0.25) is 0 Å². The zero-order valence-corrected chi connectivity index (χ0v) is 19.8. The third kappa shape index (κ3) is 11.6. The number of carboxylic acid groups (broad SMARTS) is 1. The van der Waals surface area contributed by atoms with Crippen LogP contribution in [0.15, 0.2) is 12.5 Å². The summed E-state index contributed by atoms with van der Waals surface area (Å²) < 4.78 is 0. The van der Waals surface area contributed by atoms with Crippen molar-refractivity contribution < 1.29 is 38.7 Å². The lowest BCUT2D eigenvalue weighted by Crippen LogP contribution is -2.58. The predicted octanol–water partition coefficient (Wildman–Crippen LogP) is -4.78. The van der Waals surface area contributed by atoms with Crippen molar-refractivity contribution in [2.45, 2.75) is 62.7 Å². The molecule has 0 radical (unpaired) electrons. The van der Waals surface area contributed by atoms with Crippen molar-refractivity contribution in [3.63, 3.8) is 0 Å². The van der Waals surface area contributed by atoms with Gasteiger partial charge in [0.2, 0.25) is 35.4 Å². The van der Waals surface area contributed by atoms with E-state index in [0.717, 1.165) is 0 Å². The average Bonchev–Trinajstić information content (AvgIpc) is 3.30. The number of nitrogens with one attached hydrogen (secondary N) is 4. The molecule has 37 heavy (non-hydrogen) atoms. The number of nitrogens with zero attached hydrogens (tertiary/aromatic N) is 1. The Labute approximate surface area is 210 Å². The first-order valence-corrected chi connectivity index (χ1v) is 11.0. The number of hydrogen-bond donors (Lipinski definition) is 9. The van der Waals surface area contributed by atoms with Crippen LogP contribution in [0.25, 0.3) is 0 Å². The van der Waals surface area contributed by atoms with Crippen LogP contribution in [-0.4, -0.2) is 80.7 Å². The third-order valence-electron chi connectivity index (χ3n) is 4.98. The van der Waals surface area contributed by atoms with Crippen molar-refractivity contribution in [2.24, 2.45) is 22.9 Å². The second kappa shape index (κ2) is 14.8. The topological polar surface area (TPSA) is 309 Å². The molecule has 17 heteroatoms. The number of amides is 6. The molecule has 0 spiro atoms. The number of aliphatic carboxylic acids is 1. The lowest BCUT2D eigenvalue weighted by Gasteiger charge is -2.25. The summed E-state index contributed by atoms with van der Waals surface area (Å²) in [4.78, 5) is 89.7. The molecule has 4 unspecified atom stereocenters. The van der Waals surface area contributed by atoms with Crippen molar-refractivity contribution in [3.8, 4) is 0 Å². The molecular formula is C20H31N9O8. The predicted molar refractivity (Wildman–Crippen MR) is 124 cm³/mol. The van der Waals surface area contributed by atoms with Crippen molar-refractivity contribution >= 4 is 41.4 Å². The Kier molecular flexibility index (Phi) is 12.2. The van der Waals surface area contributed by atoms with E-state index in [-0.39, 0.29) is 32.1 Å². The molecule has 0 aliphatic carbocycles. The van der Waals surface area contributed by atoms with Gasteiger partial charge in [0.1, 0.15) is 18.1 Å². The molecule has 6 amide bonds. The summed E-state index contributed by atoms with van der Waals surface area (Å²) in [5, 5.41) is 16.2. The molecule has 1 aromatic heterocycles. The molecule has 4 atom stereocenters. The second-order valence-electron chi connectivity index (χ2n) is 8.09. The number of carbonyl (C=O) groups is 7. The van der Waals surface area contributed by atoms with Crippen molar-refractivity contribution in [1.82, 2.24) is 25.9 Å². The Morgan fingerprint density at radius 2 is 1.32 bits per heavy atom. The number of carbonyl (C=O) groups excluding carboxylic acids is 6. The Morgan fingerprint density at radius 3 is 1.81 bits per heavy atom. The van der Waals surface area contributed by atoms with Gasteiger partial charge in [-0.2, -0.15) is 0 Å². The maximum Gasteiger partial charge on any atom is 0.326 e. The number of rotatable bonds is 17. The summed E-state index contributed by atoms with van der Waals surface area (Å²) in [6.07, 6.45) is 0.772. The first-order chi connectivity index (χ1) is 17.3. The zero-order chi connectivity index (χ0) is 28.1. The number of aromatic amines is 1. The summed E-state index contributed by atoms with van der Waals surface area (Å²) in [7, 11) is 0. The van der Waals surface area contributed by atoms with Gasteiger partial charge in [0.05, 0.1) is 18.8 Å². The summed E-state index contributed by atoms with van der Waals surface area (Å²) >= 11 is 0. The second-order valence-corrected chi connectivity index (χ2v) is 8.09. The van der Waals surface area contributed by atoms with Gasteiger partial charge < -0.3 is 49.0 Å². The van der Waals surface area contributed by atoms with Crippen LogP contribution in [0.5, 0.6) is 0 Å². The molecule has 0 aliphatic rings. The van der Waals surface area contributed by atoms with Crippen molar-refractivity contribution in [2.75, 3.05) is 0 Å². The summed E-state index contributed by atoms with van der Waals surface area (Å²) in [5.74, 6) is -6.64. The number of H-pyrrole nitrogens is 1. The van der Waals surface area contributed by atoms with E-state index < -0.39 is 72.0 Å². The summed E-state index contributed by atoms with van der Waals surface area (Å²) in [6.45, 7) is 0. The molecule has 0 saturated carbocycles. The van der Waals surface area contributed by atoms with E-state index in [2.05, 4.69) is 25.9 Å². The third-order valence-corrected chi connectivity index (χ3v) is 4.98. The van der Waals surface area contributed by atoms with Crippen molar-refractivity contribution in [1.29, 1.82) is 0 Å². The first kappa shape index (κ1) is 30.5. The fraction of sp³-hybridized carbons (Fsp3) is 0.500. The minimum Gasteiger partial charge on any atom is -0.480 e. The molecule has 0 saturated heterocycles. The van der Waals surface area contributed by atoms with Gasteiger partial charge in [-0.05, 0) is 12.8 Å². The normalized spacial score (nSPS) is 13.9. The highest BCUT2D eigenvalue weighted by Gasteiger charge is 2.31. The fourth-order valence-corrected chi connectivity index (χ4v) is 3.06. The average molecular weight is 526 g/mol. The van der Waals surface area contributed by atoms with Gasteiger partial charge in [0.25, 0.3) is 0 Å². The molecule has 0 fully saturated rings. The minimum atomic E-state index is -1.51. The van der Waals surface area contributed by atoms with E-state index in [1.807, 2.05) is 0 Å². The largest absolute Gasteiger partial charge is 0.480 e. The number of hydrogen-bond acceptors (Lipinski definition) is 9. The maximum atomic E-state index is 13.1. The van der Waals surface area contributed by atoms with Crippen LogP contribution in [0.1, 0.15) is 37.8 Å². The van der Waals surface area contributed by atoms with Crippen LogP contribution >= 0.6 is 0 Å². The molecule has 1 heterocycles. The van der Waals surface area contributed by atoms with Crippen LogP contribution < -0.4 is 38.9 Å². The quantitative estimate of drug-likeness (QED) is 0.0934. The SMILES string of the molecule is NC(=O)CCC(NC(=O)C(CCC(N)=O)NC(=O)C(Cc1cnc[nH]1)NC(=O)C(N)CC(N)=O)C(=O)O. The van der Waals surface area contributed by atoms with Crippen LogP contribution in [0, 0.1) is 0 Å². The molecule has 0 aliphatic heterocycles. The van der Waals surface area contributed by atoms with E-state index in [1.54, 1.807) is 0 Å². The van der Waals surface area contributed by atoms with Crippen LogP contribution in [0.4, 0.5) is 0 Å². The highest BCUT2D eigenvalue weighted by Crippen LogP contribution is 2.06. The number of carboxylic acids is 1. The standard InChI is InChI=1S/C20H31N9O8/c21-10(6-16(24)32)17(33)29-13(5-9-7-25-8-26-9)19(35)27-11(1-3-14(22)30)18(34)28-12(20(36)37)2-4-15(23)31/h7-8,10-13H,1-6,21H2,(H2,22,30)(H2,23,31)(H2,24,32)(H,25,26)(H,27,35)(H,28,34)(H,29,33)(H,36,37). The van der Waals surface area contributed by atoms with Gasteiger partial charge in [-0.1, -0.05) is 0 Å². The molecule has 1 rings (SSSR count). The summed E-state index contributed by atoms with van der Waals surface area (Å²) in [6, 6.07) is -5.65. The van der Waals surface area contributed by atoms with Gasteiger partial charge in [0.15, 0.2) is 0 Å². The van der Waals surface area contributed by atoms with E-state index >= 15 is 0 Å². The van der Waals surface area contributed by atoms with Crippen LogP contribution in [-0.2, 0) is 40.0 Å². The highest BCUT2D eigenvalue weighted by atomic mass is 16.4. The number of imidazole rings is 1. The number of primary amides is 3. The Hall–Kier alpha value is -4.54. The van der Waals surface area contributed by atoms with E-state index in [9.17, 15) is 38.7 Å². The monoisotopic (exact) mass is 525 g/mol. The molecule has 1 aromatic rings. The molecule has 0 aromatic carbocycles. The maximum absolute atomic E-state index is 13.1. The highest BCUT2D eigenvalue weighted by molar-refractivity contribution is 5.95. The lowest BCUT2D eigenvalue weighted by atomic mass is 10.1. The molecule has 204 valence electrons. The van der Waals surface area contributed by atoms with Crippen molar-refractivity contribution in [3.05, 3.63) is 18.2 Å². The Morgan fingerprint density at radius 1 is 0.811 bits per heavy atom. The van der Waals surface area contributed by atoms with Gasteiger partial charge in [-0.25, -0.2) is 9.78 Å². The smallest absolute Gasteiger partial charge is 0.326 e. The van der Waals surface area contributed by atoms with Gasteiger partial charge in [0, 0.05) is 31.2 Å².